The van der Waals surface area contributed by atoms with Gasteiger partial charge in [-0.1, -0.05) is 17.4 Å². The van der Waals surface area contributed by atoms with Crippen molar-refractivity contribution < 1.29 is 36.2 Å². The van der Waals surface area contributed by atoms with Crippen molar-refractivity contribution in [2.24, 2.45) is 0 Å². The molecule has 1 aliphatic carbocycles. The summed E-state index contributed by atoms with van der Waals surface area (Å²) in [5.41, 5.74) is -1.40. The van der Waals surface area contributed by atoms with Gasteiger partial charge in [0.25, 0.3) is 6.43 Å². The van der Waals surface area contributed by atoms with Crippen LogP contribution in [-0.4, -0.2) is 87.7 Å². The van der Waals surface area contributed by atoms with Crippen LogP contribution in [0.3, 0.4) is 0 Å². The highest BCUT2D eigenvalue weighted by Gasteiger charge is 2.47. The largest absolute Gasteiger partial charge is 0.475 e. The van der Waals surface area contributed by atoms with Crippen LogP contribution in [0.25, 0.3) is 27.1 Å². The maximum absolute atomic E-state index is 13.5. The van der Waals surface area contributed by atoms with Gasteiger partial charge in [0.05, 0.1) is 41.1 Å². The number of fused-ring (bicyclic) bond motifs is 3. The summed E-state index contributed by atoms with van der Waals surface area (Å²) in [5, 5.41) is 17.2. The summed E-state index contributed by atoms with van der Waals surface area (Å²) in [6, 6.07) is 5.72. The molecule has 1 saturated heterocycles. The first-order valence-corrected chi connectivity index (χ1v) is 16.2. The average molecular weight is 663 g/mol. The average Bonchev–Trinajstić information content (AvgIpc) is 3.42. The van der Waals surface area contributed by atoms with Gasteiger partial charge in [0, 0.05) is 11.9 Å². The number of hydrogen-bond acceptors (Lipinski definition) is 12. The molecule has 2 aliphatic rings. The third-order valence-electron chi connectivity index (χ3n) is 7.16. The number of carbonyl (C=O) groups excluding carboxylic acids is 1. The van der Waals surface area contributed by atoms with Gasteiger partial charge in [0.15, 0.2) is 10.7 Å². The number of amides is 1. The molecule has 0 bridgehead atoms. The molecule has 0 spiro atoms. The van der Waals surface area contributed by atoms with E-state index in [4.69, 9.17) is 14.2 Å². The summed E-state index contributed by atoms with van der Waals surface area (Å²) in [5.74, 6) is 0.104. The molecule has 4 heterocycles. The molecule has 4 aromatic rings. The lowest BCUT2D eigenvalue weighted by Crippen LogP contribution is -2.52. The van der Waals surface area contributed by atoms with Crippen LogP contribution >= 0.6 is 11.3 Å². The molecule has 1 unspecified atom stereocenters. The molecule has 1 saturated carbocycles. The fourth-order valence-electron chi connectivity index (χ4n) is 4.87. The van der Waals surface area contributed by atoms with Gasteiger partial charge < -0.3 is 14.2 Å². The van der Waals surface area contributed by atoms with Crippen LogP contribution < -0.4 is 9.46 Å². The molecule has 1 aliphatic heterocycles. The number of nitriles is 1. The van der Waals surface area contributed by atoms with E-state index in [2.05, 4.69) is 24.9 Å². The summed E-state index contributed by atoms with van der Waals surface area (Å²) in [4.78, 5) is 22.9. The van der Waals surface area contributed by atoms with Gasteiger partial charge >= 0.3 is 6.09 Å². The highest BCUT2D eigenvalue weighted by atomic mass is 32.2. The predicted molar refractivity (Wildman–Crippen MR) is 156 cm³/mol. The van der Waals surface area contributed by atoms with Crippen LogP contribution in [0.1, 0.15) is 45.0 Å². The highest BCUT2D eigenvalue weighted by Crippen LogP contribution is 2.39. The first-order chi connectivity index (χ1) is 21.3. The number of nitrogens with zero attached hydrogens (tertiary/aromatic N) is 7. The fourth-order valence-corrected chi connectivity index (χ4v) is 6.98. The van der Waals surface area contributed by atoms with E-state index in [1.807, 2.05) is 6.07 Å². The van der Waals surface area contributed by atoms with Gasteiger partial charge in [0.2, 0.25) is 21.0 Å². The summed E-state index contributed by atoms with van der Waals surface area (Å²) in [7, 11) is -4.13. The Bertz CT molecular complexity index is 1930. The number of ether oxygens (including phenoxy) is 3. The van der Waals surface area contributed by atoms with E-state index in [0.717, 1.165) is 0 Å². The van der Waals surface area contributed by atoms with Gasteiger partial charge in [-0.3, -0.25) is 9.47 Å². The molecule has 1 atom stereocenters. The third-order valence-corrected chi connectivity index (χ3v) is 9.61. The van der Waals surface area contributed by atoms with Crippen LogP contribution in [0.15, 0.2) is 29.4 Å². The van der Waals surface area contributed by atoms with Gasteiger partial charge in [-0.2, -0.15) is 9.98 Å². The molecule has 18 heteroatoms. The van der Waals surface area contributed by atoms with Gasteiger partial charge in [-0.15, -0.1) is 10.2 Å². The molecule has 1 N–H and O–H groups in total. The minimum Gasteiger partial charge on any atom is -0.475 e. The van der Waals surface area contributed by atoms with Crippen LogP contribution in [-0.2, 0) is 19.5 Å². The standard InChI is InChI=1S/C27H28F2N8O6S2/c1-26(2,3)43-25(38)36-8-9-41-11-15(36)12-42-22-19-17-5-4-16(45(39,40)35-27(13-30)6-7-27)10-18(17)37(21(19)31-14-32-22)24-34-33-23(44-24)20(28)29/h4-5,10,14-15,20,35H,6-9,11-12H2,1-3H3. The zero-order valence-electron chi connectivity index (χ0n) is 24.4. The number of benzene rings is 1. The number of morpholine rings is 1. The Balaban J connectivity index is 1.42. The Kier molecular flexibility index (Phi) is 7.83. The van der Waals surface area contributed by atoms with Crippen molar-refractivity contribution in [1.82, 2.24) is 34.4 Å². The zero-order chi connectivity index (χ0) is 32.1. The van der Waals surface area contributed by atoms with Crippen LogP contribution in [0.5, 0.6) is 5.88 Å². The second kappa shape index (κ2) is 11.4. The molecule has 6 rings (SSSR count). The zero-order valence-corrected chi connectivity index (χ0v) is 26.0. The van der Waals surface area contributed by atoms with Crippen LogP contribution in [0, 0.1) is 11.3 Å². The monoisotopic (exact) mass is 662 g/mol. The number of halogens is 2. The van der Waals surface area contributed by atoms with Crippen molar-refractivity contribution in [3.63, 3.8) is 0 Å². The summed E-state index contributed by atoms with van der Waals surface area (Å²) < 4.78 is 74.6. The number of sulfonamides is 1. The number of alkyl halides is 2. The van der Waals surface area contributed by atoms with Gasteiger partial charge in [-0.25, -0.2) is 32.0 Å². The second-order valence-electron chi connectivity index (χ2n) is 11.6. The highest BCUT2D eigenvalue weighted by molar-refractivity contribution is 7.89. The molecule has 45 heavy (non-hydrogen) atoms. The van der Waals surface area contributed by atoms with E-state index in [-0.39, 0.29) is 40.3 Å². The van der Waals surface area contributed by atoms with Crippen molar-refractivity contribution in [3.8, 4) is 17.1 Å². The van der Waals surface area contributed by atoms with Crippen molar-refractivity contribution in [2.45, 2.75) is 62.1 Å². The SMILES string of the molecule is CC(C)(C)OC(=O)N1CCOCC1COc1ncnc2c1c1ccc(S(=O)(=O)NC3(C#N)CC3)cc1n2-c1nnc(C(F)F)s1. The topological polar surface area (TPSA) is 174 Å². The molecule has 2 fully saturated rings. The van der Waals surface area contributed by atoms with E-state index in [1.54, 1.807) is 20.8 Å². The summed E-state index contributed by atoms with van der Waals surface area (Å²) in [6.45, 7) is 6.10. The lowest BCUT2D eigenvalue weighted by Gasteiger charge is -2.36. The number of hydrogen-bond donors (Lipinski definition) is 1. The Morgan fingerprint density at radius 3 is 2.73 bits per heavy atom. The van der Waals surface area contributed by atoms with E-state index in [0.29, 0.717) is 48.1 Å². The summed E-state index contributed by atoms with van der Waals surface area (Å²) >= 11 is 0.622. The van der Waals surface area contributed by atoms with Crippen molar-refractivity contribution in [1.29, 1.82) is 5.26 Å². The minimum atomic E-state index is -4.13. The Labute approximate surface area is 260 Å². The molecule has 3 aromatic heterocycles. The maximum atomic E-state index is 13.5. The van der Waals surface area contributed by atoms with Crippen molar-refractivity contribution in [2.75, 3.05) is 26.4 Å². The quantitative estimate of drug-likeness (QED) is 0.291. The number of nitrogens with one attached hydrogen (secondary N) is 1. The van der Waals surface area contributed by atoms with E-state index in [9.17, 15) is 27.3 Å². The van der Waals surface area contributed by atoms with E-state index in [1.165, 1.54) is 34.0 Å². The molecular formula is C27H28F2N8O6S2. The van der Waals surface area contributed by atoms with Crippen molar-refractivity contribution >= 4 is 49.4 Å². The summed E-state index contributed by atoms with van der Waals surface area (Å²) in [6.07, 6.45) is -1.39. The van der Waals surface area contributed by atoms with Crippen LogP contribution in [0.4, 0.5) is 13.6 Å². The molecule has 238 valence electrons. The van der Waals surface area contributed by atoms with Gasteiger partial charge in [-0.05, 0) is 45.7 Å². The minimum absolute atomic E-state index is 0.0185. The Hall–Kier alpha value is -4.05. The van der Waals surface area contributed by atoms with Gasteiger partial charge in [0.1, 0.15) is 24.1 Å². The molecule has 1 aromatic carbocycles. The third kappa shape index (κ3) is 6.12. The molecule has 0 radical (unpaired) electrons. The van der Waals surface area contributed by atoms with E-state index < -0.39 is 44.7 Å². The lowest BCUT2D eigenvalue weighted by molar-refractivity contribution is -0.0420. The Morgan fingerprint density at radius 1 is 1.29 bits per heavy atom. The first kappa shape index (κ1) is 31.0. The Morgan fingerprint density at radius 2 is 2.07 bits per heavy atom. The number of rotatable bonds is 8. The normalized spacial score (nSPS) is 18.3. The van der Waals surface area contributed by atoms with Crippen molar-refractivity contribution in [3.05, 3.63) is 29.5 Å². The fraction of sp³-hybridized carbons (Fsp3) is 0.481. The van der Waals surface area contributed by atoms with E-state index >= 15 is 0 Å². The first-order valence-electron chi connectivity index (χ1n) is 13.9. The van der Waals surface area contributed by atoms with Crippen LogP contribution in [0.2, 0.25) is 0 Å². The molecular weight excluding hydrogens is 634 g/mol. The predicted octanol–water partition coefficient (Wildman–Crippen LogP) is 3.71. The number of aromatic nitrogens is 5. The number of carbonyl (C=O) groups is 1. The smallest absolute Gasteiger partial charge is 0.410 e. The molecule has 1 amide bonds. The maximum Gasteiger partial charge on any atom is 0.410 e. The molecule has 14 nitrogen and oxygen atoms in total. The lowest BCUT2D eigenvalue weighted by atomic mass is 10.2. The second-order valence-corrected chi connectivity index (χ2v) is 14.3.